The summed E-state index contributed by atoms with van der Waals surface area (Å²) in [7, 11) is 0. The molecule has 1 fully saturated rings. The number of aliphatic hydroxyl groups is 1. The number of para-hydroxylation sites is 1. The van der Waals surface area contributed by atoms with Crippen molar-refractivity contribution >= 4 is 11.6 Å². The first-order chi connectivity index (χ1) is 8.17. The Morgan fingerprint density at radius 2 is 2.18 bits per heavy atom. The Kier molecular flexibility index (Phi) is 3.89. The first-order valence-corrected chi connectivity index (χ1v) is 5.90. The fraction of sp³-hybridized carbons (Fsp3) is 0.500. The highest BCUT2D eigenvalue weighted by atomic mass is 35.5. The van der Waals surface area contributed by atoms with Crippen LogP contribution in [-0.4, -0.2) is 36.6 Å². The summed E-state index contributed by atoms with van der Waals surface area (Å²) >= 11 is 5.81. The van der Waals surface area contributed by atoms with Gasteiger partial charge >= 0.3 is 0 Å². The lowest BCUT2D eigenvalue weighted by Crippen LogP contribution is -2.52. The lowest BCUT2D eigenvalue weighted by Gasteiger charge is -2.40. The van der Waals surface area contributed by atoms with Crippen molar-refractivity contribution in [1.82, 2.24) is 5.32 Å². The maximum atomic E-state index is 9.71. The molecular formula is C12H16ClNO3. The van der Waals surface area contributed by atoms with Crippen molar-refractivity contribution in [2.24, 2.45) is 5.41 Å². The van der Waals surface area contributed by atoms with Crippen molar-refractivity contribution in [3.63, 3.8) is 0 Å². The first kappa shape index (κ1) is 12.6. The molecule has 0 bridgehead atoms. The second kappa shape index (κ2) is 5.23. The Labute approximate surface area is 105 Å². The molecule has 1 aromatic carbocycles. The van der Waals surface area contributed by atoms with Gasteiger partial charge < -0.3 is 20.3 Å². The number of nitrogens with one attached hydrogen (secondary N) is 1. The van der Waals surface area contributed by atoms with Gasteiger partial charge in [0, 0.05) is 18.7 Å². The van der Waals surface area contributed by atoms with E-state index in [2.05, 4.69) is 5.32 Å². The molecule has 2 rings (SSSR count). The highest BCUT2D eigenvalue weighted by Crippen LogP contribution is 2.28. The molecular weight excluding hydrogens is 242 g/mol. The van der Waals surface area contributed by atoms with Crippen LogP contribution in [0.4, 0.5) is 0 Å². The predicted octanol–water partition coefficient (Wildman–Crippen LogP) is 1.14. The molecule has 1 aliphatic rings. The second-order valence-corrected chi connectivity index (χ2v) is 4.91. The molecule has 0 aliphatic carbocycles. The van der Waals surface area contributed by atoms with Crippen molar-refractivity contribution in [3.05, 3.63) is 28.8 Å². The standard InChI is InChI=1S/C12H16ClNO3/c13-10-3-1-2-9(11(10)16)4-14-5-12(6-15)7-17-8-12/h1-3,14-16H,4-8H2. The van der Waals surface area contributed by atoms with Gasteiger partial charge in [-0.25, -0.2) is 0 Å². The zero-order chi connectivity index (χ0) is 12.3. The van der Waals surface area contributed by atoms with E-state index in [0.29, 0.717) is 31.3 Å². The zero-order valence-electron chi connectivity index (χ0n) is 9.45. The van der Waals surface area contributed by atoms with Gasteiger partial charge in [-0.05, 0) is 6.07 Å². The summed E-state index contributed by atoms with van der Waals surface area (Å²) in [5.41, 5.74) is 0.597. The molecule has 17 heavy (non-hydrogen) atoms. The predicted molar refractivity (Wildman–Crippen MR) is 65.2 cm³/mol. The van der Waals surface area contributed by atoms with Crippen molar-refractivity contribution in [3.8, 4) is 5.75 Å². The van der Waals surface area contributed by atoms with Crippen LogP contribution in [0.15, 0.2) is 18.2 Å². The van der Waals surface area contributed by atoms with Gasteiger partial charge in [-0.15, -0.1) is 0 Å². The molecule has 0 amide bonds. The van der Waals surface area contributed by atoms with Crippen molar-refractivity contribution in [2.75, 3.05) is 26.4 Å². The Balaban J connectivity index is 1.88. The van der Waals surface area contributed by atoms with E-state index in [1.54, 1.807) is 12.1 Å². The Morgan fingerprint density at radius 3 is 2.76 bits per heavy atom. The number of phenolic OH excluding ortho intramolecular Hbond substituents is 1. The minimum Gasteiger partial charge on any atom is -0.506 e. The monoisotopic (exact) mass is 257 g/mol. The van der Waals surface area contributed by atoms with Crippen LogP contribution < -0.4 is 5.32 Å². The van der Waals surface area contributed by atoms with E-state index in [9.17, 15) is 10.2 Å². The van der Waals surface area contributed by atoms with E-state index < -0.39 is 0 Å². The Hall–Kier alpha value is -0.810. The van der Waals surface area contributed by atoms with Crippen molar-refractivity contribution in [1.29, 1.82) is 0 Å². The summed E-state index contributed by atoms with van der Waals surface area (Å²) in [5, 5.41) is 22.5. The minimum absolute atomic E-state index is 0.113. The van der Waals surface area contributed by atoms with E-state index in [-0.39, 0.29) is 17.8 Å². The average molecular weight is 258 g/mol. The third kappa shape index (κ3) is 2.72. The van der Waals surface area contributed by atoms with Gasteiger partial charge in [0.05, 0.1) is 30.3 Å². The van der Waals surface area contributed by atoms with Crippen LogP contribution in [-0.2, 0) is 11.3 Å². The van der Waals surface area contributed by atoms with Crippen molar-refractivity contribution < 1.29 is 14.9 Å². The number of rotatable bonds is 5. The number of hydrogen-bond donors (Lipinski definition) is 3. The summed E-state index contributed by atoms with van der Waals surface area (Å²) < 4.78 is 5.10. The summed E-state index contributed by atoms with van der Waals surface area (Å²) in [6.07, 6.45) is 0. The summed E-state index contributed by atoms with van der Waals surface area (Å²) in [6, 6.07) is 5.26. The smallest absolute Gasteiger partial charge is 0.138 e. The van der Waals surface area contributed by atoms with E-state index in [1.165, 1.54) is 0 Å². The molecule has 1 saturated heterocycles. The van der Waals surface area contributed by atoms with E-state index in [0.717, 1.165) is 5.56 Å². The Morgan fingerprint density at radius 1 is 1.41 bits per heavy atom. The van der Waals surface area contributed by atoms with Crippen LogP contribution in [0, 0.1) is 5.41 Å². The van der Waals surface area contributed by atoms with Gasteiger partial charge in [-0.2, -0.15) is 0 Å². The van der Waals surface area contributed by atoms with Crippen LogP contribution in [0.2, 0.25) is 5.02 Å². The number of phenols is 1. The van der Waals surface area contributed by atoms with Crippen LogP contribution in [0.1, 0.15) is 5.56 Å². The third-order valence-corrected chi connectivity index (χ3v) is 3.34. The molecule has 4 nitrogen and oxygen atoms in total. The molecule has 0 radical (unpaired) electrons. The lowest BCUT2D eigenvalue weighted by molar-refractivity contribution is -0.134. The molecule has 1 aliphatic heterocycles. The summed E-state index contributed by atoms with van der Waals surface area (Å²) in [5.74, 6) is 0.115. The van der Waals surface area contributed by atoms with Gasteiger partial charge in [0.25, 0.3) is 0 Å². The second-order valence-electron chi connectivity index (χ2n) is 4.50. The van der Waals surface area contributed by atoms with Crippen LogP contribution in [0.25, 0.3) is 0 Å². The number of benzene rings is 1. The normalized spacial score (nSPS) is 17.8. The largest absolute Gasteiger partial charge is 0.506 e. The number of halogens is 1. The van der Waals surface area contributed by atoms with E-state index in [4.69, 9.17) is 16.3 Å². The molecule has 3 N–H and O–H groups in total. The first-order valence-electron chi connectivity index (χ1n) is 5.53. The fourth-order valence-electron chi connectivity index (χ4n) is 1.80. The highest BCUT2D eigenvalue weighted by Gasteiger charge is 2.37. The van der Waals surface area contributed by atoms with Crippen LogP contribution in [0.3, 0.4) is 0 Å². The van der Waals surface area contributed by atoms with E-state index >= 15 is 0 Å². The fourth-order valence-corrected chi connectivity index (χ4v) is 2.00. The third-order valence-electron chi connectivity index (χ3n) is 3.04. The minimum atomic E-state index is -0.159. The van der Waals surface area contributed by atoms with Gasteiger partial charge in [-0.3, -0.25) is 0 Å². The highest BCUT2D eigenvalue weighted by molar-refractivity contribution is 6.32. The summed E-state index contributed by atoms with van der Waals surface area (Å²) in [6.45, 7) is 2.46. The van der Waals surface area contributed by atoms with Gasteiger partial charge in [0.1, 0.15) is 5.75 Å². The number of hydrogen-bond acceptors (Lipinski definition) is 4. The van der Waals surface area contributed by atoms with Crippen LogP contribution >= 0.6 is 11.6 Å². The van der Waals surface area contributed by atoms with Gasteiger partial charge in [0.2, 0.25) is 0 Å². The van der Waals surface area contributed by atoms with Crippen molar-refractivity contribution in [2.45, 2.75) is 6.54 Å². The SMILES string of the molecule is OCC1(CNCc2cccc(Cl)c2O)COC1. The molecule has 94 valence electrons. The maximum absolute atomic E-state index is 9.71. The molecule has 5 heteroatoms. The zero-order valence-corrected chi connectivity index (χ0v) is 10.2. The molecule has 0 spiro atoms. The quantitative estimate of drug-likeness (QED) is 0.741. The topological polar surface area (TPSA) is 61.7 Å². The molecule has 0 aromatic heterocycles. The maximum Gasteiger partial charge on any atom is 0.138 e. The van der Waals surface area contributed by atoms with Gasteiger partial charge in [-0.1, -0.05) is 23.7 Å². The average Bonchev–Trinajstić information content (AvgIpc) is 2.28. The number of ether oxygens (including phenoxy) is 1. The molecule has 0 unspecified atom stereocenters. The molecule has 1 heterocycles. The van der Waals surface area contributed by atoms with Crippen LogP contribution in [0.5, 0.6) is 5.75 Å². The molecule has 0 atom stereocenters. The lowest BCUT2D eigenvalue weighted by atomic mass is 9.87. The number of aromatic hydroxyl groups is 1. The Bertz CT molecular complexity index is 388. The number of aliphatic hydroxyl groups excluding tert-OH is 1. The molecule has 0 saturated carbocycles. The molecule has 1 aromatic rings. The van der Waals surface area contributed by atoms with Gasteiger partial charge in [0.15, 0.2) is 0 Å². The summed E-state index contributed by atoms with van der Waals surface area (Å²) in [4.78, 5) is 0. The van der Waals surface area contributed by atoms with E-state index in [1.807, 2.05) is 6.07 Å².